The average Bonchev–Trinajstić information content (AvgIpc) is 3.51. The number of hydrogen-bond donors (Lipinski definition) is 4. The summed E-state index contributed by atoms with van der Waals surface area (Å²) in [4.78, 5) is 52.7. The minimum atomic E-state index is -1.01. The minimum absolute atomic E-state index is 0.117. The molecule has 0 radical (unpaired) electrons. The van der Waals surface area contributed by atoms with Crippen LogP contribution in [0, 0.1) is 17.2 Å². The number of nitrogens with zero attached hydrogens (tertiary/aromatic N) is 1. The van der Waals surface area contributed by atoms with Gasteiger partial charge in [-0.1, -0.05) is 37.8 Å². The van der Waals surface area contributed by atoms with Crippen molar-refractivity contribution in [2.75, 3.05) is 26.3 Å². The Balaban J connectivity index is 1.44. The van der Waals surface area contributed by atoms with Crippen molar-refractivity contribution < 1.29 is 28.7 Å². The standard InChI is InChI=1S/C30H41N5O6/c1-19(33-26(36)15-23-17-32-11-12-40-23)28(38)35-25(14-21-7-9-22(16-31)10-8-21)29(39)34-24(13-20-5-3-4-6-20)27(37)30(2)18-41-30/h7-10,19-20,23-25,32H,3-6,11-15,17-18H2,1-2H3,(H,33,36)(H,34,39)(H,35,38)/t19-,23?,24-,25-,30+/m0/s1. The van der Waals surface area contributed by atoms with Crippen LogP contribution >= 0.6 is 0 Å². The zero-order valence-electron chi connectivity index (χ0n) is 23.9. The maximum atomic E-state index is 13.7. The lowest BCUT2D eigenvalue weighted by Gasteiger charge is -2.27. The molecule has 2 saturated heterocycles. The highest BCUT2D eigenvalue weighted by molar-refractivity contribution is 5.98. The third-order valence-corrected chi connectivity index (χ3v) is 8.12. The summed E-state index contributed by atoms with van der Waals surface area (Å²) >= 11 is 0. The number of epoxide rings is 1. The van der Waals surface area contributed by atoms with Crippen LogP contribution in [-0.2, 0) is 35.1 Å². The molecule has 11 nitrogen and oxygen atoms in total. The number of nitrogens with one attached hydrogen (secondary N) is 4. The summed E-state index contributed by atoms with van der Waals surface area (Å²) in [5.41, 5.74) is 0.324. The Labute approximate surface area is 241 Å². The molecule has 4 rings (SSSR count). The lowest BCUT2D eigenvalue weighted by atomic mass is 9.90. The summed E-state index contributed by atoms with van der Waals surface area (Å²) in [6.45, 7) is 5.44. The molecule has 1 unspecified atom stereocenters. The zero-order valence-corrected chi connectivity index (χ0v) is 23.9. The highest BCUT2D eigenvalue weighted by atomic mass is 16.6. The maximum absolute atomic E-state index is 13.7. The maximum Gasteiger partial charge on any atom is 0.243 e. The number of carbonyl (C=O) groups excluding carboxylic acids is 4. The second kappa shape index (κ2) is 14.0. The molecule has 41 heavy (non-hydrogen) atoms. The van der Waals surface area contributed by atoms with E-state index in [0.717, 1.165) is 37.8 Å². The number of ether oxygens (including phenoxy) is 2. The molecule has 222 valence electrons. The molecule has 0 bridgehead atoms. The topological polar surface area (TPSA) is 162 Å². The van der Waals surface area contributed by atoms with Gasteiger partial charge < -0.3 is 30.7 Å². The van der Waals surface area contributed by atoms with Crippen molar-refractivity contribution in [1.82, 2.24) is 21.3 Å². The van der Waals surface area contributed by atoms with E-state index in [1.165, 1.54) is 0 Å². The SMILES string of the molecule is C[C@H](NC(=O)CC1CNCCO1)C(=O)N[C@@H](Cc1ccc(C#N)cc1)C(=O)N[C@@H](CC1CCCC1)C(=O)[C@@]1(C)CO1. The van der Waals surface area contributed by atoms with Gasteiger partial charge in [-0.2, -0.15) is 5.26 Å². The van der Waals surface area contributed by atoms with Gasteiger partial charge in [0, 0.05) is 19.5 Å². The van der Waals surface area contributed by atoms with Gasteiger partial charge >= 0.3 is 0 Å². The minimum Gasteiger partial charge on any atom is -0.375 e. The average molecular weight is 568 g/mol. The van der Waals surface area contributed by atoms with Gasteiger partial charge in [-0.3, -0.25) is 19.2 Å². The van der Waals surface area contributed by atoms with E-state index >= 15 is 0 Å². The molecule has 1 saturated carbocycles. The summed E-state index contributed by atoms with van der Waals surface area (Å²) in [6.07, 6.45) is 4.78. The van der Waals surface area contributed by atoms with Crippen LogP contribution in [-0.4, -0.2) is 79.6 Å². The number of amides is 3. The lowest BCUT2D eigenvalue weighted by Crippen LogP contribution is -2.57. The van der Waals surface area contributed by atoms with E-state index < -0.39 is 35.5 Å². The van der Waals surface area contributed by atoms with Crippen LogP contribution < -0.4 is 21.3 Å². The normalized spacial score (nSPS) is 24.4. The first kappa shape index (κ1) is 30.6. The molecule has 1 aliphatic carbocycles. The van der Waals surface area contributed by atoms with Gasteiger partial charge in [0.25, 0.3) is 0 Å². The Morgan fingerprint density at radius 3 is 2.37 bits per heavy atom. The van der Waals surface area contributed by atoms with Crippen molar-refractivity contribution in [2.45, 2.75) is 88.6 Å². The van der Waals surface area contributed by atoms with Crippen molar-refractivity contribution in [2.24, 2.45) is 5.92 Å². The third kappa shape index (κ3) is 8.83. The van der Waals surface area contributed by atoms with Crippen molar-refractivity contribution in [3.63, 3.8) is 0 Å². The summed E-state index contributed by atoms with van der Waals surface area (Å²) < 4.78 is 11.0. The number of Topliss-reactive ketones (excluding diaryl/α,β-unsaturated/α-hetero) is 1. The second-order valence-electron chi connectivity index (χ2n) is 11.6. The predicted octanol–water partition coefficient (Wildman–Crippen LogP) is 0.892. The molecule has 3 aliphatic rings. The third-order valence-electron chi connectivity index (χ3n) is 8.12. The highest BCUT2D eigenvalue weighted by Gasteiger charge is 2.50. The summed E-state index contributed by atoms with van der Waals surface area (Å²) in [6, 6.07) is 6.20. The quantitative estimate of drug-likeness (QED) is 0.256. The Bertz CT molecular complexity index is 1130. The Morgan fingerprint density at radius 2 is 1.76 bits per heavy atom. The fraction of sp³-hybridized carbons (Fsp3) is 0.633. The first-order chi connectivity index (χ1) is 19.7. The number of hydrogen-bond acceptors (Lipinski definition) is 8. The van der Waals surface area contributed by atoms with E-state index in [4.69, 9.17) is 14.7 Å². The van der Waals surface area contributed by atoms with E-state index in [1.807, 2.05) is 0 Å². The van der Waals surface area contributed by atoms with Gasteiger partial charge in [-0.05, 0) is 43.9 Å². The first-order valence-corrected chi connectivity index (χ1v) is 14.6. The Hall–Kier alpha value is -3.33. The fourth-order valence-electron chi connectivity index (χ4n) is 5.48. The molecule has 4 N–H and O–H groups in total. The number of benzene rings is 1. The largest absolute Gasteiger partial charge is 0.375 e. The van der Waals surface area contributed by atoms with Gasteiger partial charge in [0.1, 0.15) is 17.7 Å². The summed E-state index contributed by atoms with van der Waals surface area (Å²) in [7, 11) is 0. The van der Waals surface area contributed by atoms with E-state index in [2.05, 4.69) is 27.3 Å². The second-order valence-corrected chi connectivity index (χ2v) is 11.6. The van der Waals surface area contributed by atoms with Crippen LogP contribution in [0.1, 0.15) is 63.5 Å². The molecule has 1 aromatic carbocycles. The van der Waals surface area contributed by atoms with Gasteiger partial charge in [0.05, 0.1) is 43.4 Å². The molecule has 1 aromatic rings. The van der Waals surface area contributed by atoms with Crippen LogP contribution in [0.15, 0.2) is 24.3 Å². The molecule has 0 spiro atoms. The number of nitriles is 1. The van der Waals surface area contributed by atoms with E-state index in [0.29, 0.717) is 37.7 Å². The molecule has 2 aliphatic heterocycles. The van der Waals surface area contributed by atoms with Crippen molar-refractivity contribution in [3.8, 4) is 6.07 Å². The predicted molar refractivity (Wildman–Crippen MR) is 149 cm³/mol. The molecule has 0 aromatic heterocycles. The monoisotopic (exact) mass is 567 g/mol. The molecular formula is C30H41N5O6. The zero-order chi connectivity index (χ0) is 29.4. The number of morpholine rings is 1. The van der Waals surface area contributed by atoms with Gasteiger partial charge in [-0.15, -0.1) is 0 Å². The van der Waals surface area contributed by atoms with Crippen molar-refractivity contribution in [3.05, 3.63) is 35.4 Å². The highest BCUT2D eigenvalue weighted by Crippen LogP contribution is 2.33. The van der Waals surface area contributed by atoms with Crippen LogP contribution in [0.3, 0.4) is 0 Å². The number of rotatable bonds is 13. The number of ketones is 1. The van der Waals surface area contributed by atoms with Crippen LogP contribution in [0.25, 0.3) is 0 Å². The smallest absolute Gasteiger partial charge is 0.243 e. The Kier molecular flexibility index (Phi) is 10.5. The van der Waals surface area contributed by atoms with Crippen molar-refractivity contribution >= 4 is 23.5 Å². The van der Waals surface area contributed by atoms with E-state index in [-0.39, 0.29) is 30.6 Å². The molecule has 2 heterocycles. The number of carbonyl (C=O) groups is 4. The van der Waals surface area contributed by atoms with E-state index in [9.17, 15) is 19.2 Å². The molecule has 5 atom stereocenters. The summed E-state index contributed by atoms with van der Waals surface area (Å²) in [5, 5.41) is 20.7. The van der Waals surface area contributed by atoms with Gasteiger partial charge in [0.2, 0.25) is 17.7 Å². The summed E-state index contributed by atoms with van der Waals surface area (Å²) in [5.74, 6) is -1.14. The molecule has 3 amide bonds. The van der Waals surface area contributed by atoms with E-state index in [1.54, 1.807) is 38.1 Å². The Morgan fingerprint density at radius 1 is 1.07 bits per heavy atom. The van der Waals surface area contributed by atoms with Gasteiger partial charge in [-0.25, -0.2) is 0 Å². The lowest BCUT2D eigenvalue weighted by molar-refractivity contribution is -0.134. The van der Waals surface area contributed by atoms with Gasteiger partial charge in [0.15, 0.2) is 5.78 Å². The van der Waals surface area contributed by atoms with Crippen LogP contribution in [0.4, 0.5) is 0 Å². The molecule has 3 fully saturated rings. The fourth-order valence-corrected chi connectivity index (χ4v) is 5.48. The van der Waals surface area contributed by atoms with Crippen molar-refractivity contribution in [1.29, 1.82) is 5.26 Å². The molecular weight excluding hydrogens is 526 g/mol. The van der Waals surface area contributed by atoms with Crippen LogP contribution in [0.2, 0.25) is 0 Å². The van der Waals surface area contributed by atoms with Crippen LogP contribution in [0.5, 0.6) is 0 Å². The first-order valence-electron chi connectivity index (χ1n) is 14.6. The molecule has 11 heteroatoms.